The molecule has 0 atom stereocenters. The number of pyridine rings is 2. The van der Waals surface area contributed by atoms with Crippen LogP contribution in [0, 0.1) is 0 Å². The number of imidazole rings is 1. The number of hydrogen-bond acceptors (Lipinski definition) is 4. The highest BCUT2D eigenvalue weighted by Crippen LogP contribution is 2.24. The number of nitrogens with zero attached hydrogens (tertiary/aromatic N) is 4. The molecule has 2 aliphatic rings. The monoisotopic (exact) mass is 185 g/mol. The number of aromatic nitrogens is 4. The lowest BCUT2D eigenvalue weighted by Gasteiger charge is -2.06. The van der Waals surface area contributed by atoms with E-state index >= 15 is 0 Å². The molecule has 1 aromatic heterocycles. The average Bonchev–Trinajstić information content (AvgIpc) is 2.67. The van der Waals surface area contributed by atoms with Crippen LogP contribution >= 0.6 is 0 Å². The fourth-order valence-electron chi connectivity index (χ4n) is 1.55. The van der Waals surface area contributed by atoms with Gasteiger partial charge in [0.1, 0.15) is 12.0 Å². The maximum absolute atomic E-state index is 5.74. The Balaban J connectivity index is 2.58. The molecule has 0 unspecified atom stereocenters. The Morgan fingerprint density at radius 1 is 1.21 bits per heavy atom. The molecule has 0 aliphatic carbocycles. The number of rotatable bonds is 0. The van der Waals surface area contributed by atoms with Crippen molar-refractivity contribution < 1.29 is 0 Å². The summed E-state index contributed by atoms with van der Waals surface area (Å²) in [6.45, 7) is 0. The topological polar surface area (TPSA) is 69.6 Å². The molecule has 2 N–H and O–H groups in total. The Kier molecular flexibility index (Phi) is 1.25. The van der Waals surface area contributed by atoms with Crippen molar-refractivity contribution in [2.75, 3.05) is 5.84 Å². The Morgan fingerprint density at radius 3 is 3.07 bits per heavy atom. The number of nitrogen functional groups attached to an aromatic ring is 1. The predicted molar refractivity (Wildman–Crippen MR) is 52.1 cm³/mol. The highest BCUT2D eigenvalue weighted by atomic mass is 15.3. The van der Waals surface area contributed by atoms with Gasteiger partial charge in [0.15, 0.2) is 5.82 Å². The Hall–Kier alpha value is -2.17. The highest BCUT2D eigenvalue weighted by molar-refractivity contribution is 5.91. The van der Waals surface area contributed by atoms with Gasteiger partial charge in [-0.1, -0.05) is 0 Å². The predicted octanol–water partition coefficient (Wildman–Crippen LogP) is 0.645. The quantitative estimate of drug-likeness (QED) is 0.522. The smallest absolute Gasteiger partial charge is 0.179 e. The van der Waals surface area contributed by atoms with E-state index in [-0.39, 0.29) is 0 Å². The van der Waals surface area contributed by atoms with Gasteiger partial charge in [0.05, 0.1) is 11.7 Å². The maximum atomic E-state index is 5.74. The van der Waals surface area contributed by atoms with Crippen LogP contribution in [0.4, 0.5) is 0 Å². The van der Waals surface area contributed by atoms with E-state index < -0.39 is 0 Å². The van der Waals surface area contributed by atoms with Gasteiger partial charge in [-0.15, -0.1) is 0 Å². The summed E-state index contributed by atoms with van der Waals surface area (Å²) >= 11 is 0. The minimum Gasteiger partial charge on any atom is -0.338 e. The third-order valence-electron chi connectivity index (χ3n) is 2.18. The van der Waals surface area contributed by atoms with Crippen LogP contribution in [0.15, 0.2) is 30.9 Å². The van der Waals surface area contributed by atoms with E-state index in [1.807, 2.05) is 12.1 Å². The van der Waals surface area contributed by atoms with Crippen LogP contribution in [0.25, 0.3) is 22.4 Å². The van der Waals surface area contributed by atoms with Crippen molar-refractivity contribution in [3.05, 3.63) is 30.9 Å². The zero-order valence-electron chi connectivity index (χ0n) is 7.25. The van der Waals surface area contributed by atoms with Crippen molar-refractivity contribution in [2.45, 2.75) is 0 Å². The molecule has 0 saturated carbocycles. The van der Waals surface area contributed by atoms with Gasteiger partial charge < -0.3 is 5.84 Å². The lowest BCUT2D eigenvalue weighted by molar-refractivity contribution is 0.974. The molecule has 0 amide bonds. The van der Waals surface area contributed by atoms with Crippen molar-refractivity contribution in [2.24, 2.45) is 0 Å². The van der Waals surface area contributed by atoms with Crippen LogP contribution < -0.4 is 5.84 Å². The van der Waals surface area contributed by atoms with Gasteiger partial charge in [-0.2, -0.15) is 0 Å². The summed E-state index contributed by atoms with van der Waals surface area (Å²) in [7, 11) is 0. The van der Waals surface area contributed by atoms with Gasteiger partial charge in [0.2, 0.25) is 0 Å². The molecule has 0 saturated heterocycles. The van der Waals surface area contributed by atoms with Gasteiger partial charge in [-0.3, -0.25) is 4.98 Å². The number of hydrogen-bond donors (Lipinski definition) is 1. The molecular formula is C9H7N5. The van der Waals surface area contributed by atoms with Gasteiger partial charge >= 0.3 is 0 Å². The molecule has 0 radical (unpaired) electrons. The molecule has 2 aliphatic heterocycles. The van der Waals surface area contributed by atoms with E-state index in [0.717, 1.165) is 16.6 Å². The first-order valence-electron chi connectivity index (χ1n) is 4.18. The summed E-state index contributed by atoms with van der Waals surface area (Å²) in [5.41, 5.74) is 1.61. The van der Waals surface area contributed by atoms with Crippen molar-refractivity contribution in [1.82, 2.24) is 19.6 Å². The summed E-state index contributed by atoms with van der Waals surface area (Å²) in [5.74, 6) is 6.41. The third kappa shape index (κ3) is 0.806. The Labute approximate surface area is 79.5 Å². The zero-order valence-corrected chi connectivity index (χ0v) is 7.25. The minimum absolute atomic E-state index is 0.672. The van der Waals surface area contributed by atoms with E-state index in [9.17, 15) is 0 Å². The summed E-state index contributed by atoms with van der Waals surface area (Å²) in [5, 5.41) is 0.974. The molecule has 3 rings (SSSR count). The molecule has 0 spiro atoms. The van der Waals surface area contributed by atoms with Crippen LogP contribution in [0.5, 0.6) is 0 Å². The first-order chi connectivity index (χ1) is 6.86. The van der Waals surface area contributed by atoms with Gasteiger partial charge in [0.25, 0.3) is 0 Å². The third-order valence-corrected chi connectivity index (χ3v) is 2.18. The molecule has 14 heavy (non-hydrogen) atoms. The molecular weight excluding hydrogens is 178 g/mol. The average molecular weight is 185 g/mol. The van der Waals surface area contributed by atoms with Gasteiger partial charge in [-0.25, -0.2) is 14.6 Å². The molecule has 0 fully saturated rings. The second-order valence-corrected chi connectivity index (χ2v) is 3.02. The van der Waals surface area contributed by atoms with E-state index in [4.69, 9.17) is 5.84 Å². The zero-order chi connectivity index (χ0) is 9.54. The molecule has 5 heteroatoms. The summed E-state index contributed by atoms with van der Waals surface area (Å²) in [6.07, 6.45) is 4.97. The second-order valence-electron chi connectivity index (χ2n) is 3.02. The molecule has 5 nitrogen and oxygen atoms in total. The fraction of sp³-hybridized carbons (Fsp3) is 0. The normalized spacial score (nSPS) is 11.1. The van der Waals surface area contributed by atoms with Gasteiger partial charge in [0, 0.05) is 11.6 Å². The number of nitrogens with two attached hydrogens (primary N) is 1. The van der Waals surface area contributed by atoms with Crippen LogP contribution in [-0.4, -0.2) is 19.6 Å². The Bertz CT molecular complexity index is 571. The summed E-state index contributed by atoms with van der Waals surface area (Å²) in [6, 6.07) is 3.83. The molecule has 0 aromatic carbocycles. The maximum Gasteiger partial charge on any atom is 0.179 e. The summed E-state index contributed by atoms with van der Waals surface area (Å²) in [4.78, 5) is 12.4. The SMILES string of the molecule is Nn1cc2ncccc2c2ncnc1-2. The lowest BCUT2D eigenvalue weighted by atomic mass is 10.2. The van der Waals surface area contributed by atoms with Crippen molar-refractivity contribution >= 4 is 10.9 Å². The summed E-state index contributed by atoms with van der Waals surface area (Å²) < 4.78 is 1.44. The van der Waals surface area contributed by atoms with E-state index in [2.05, 4.69) is 15.0 Å². The van der Waals surface area contributed by atoms with Crippen LogP contribution in [-0.2, 0) is 0 Å². The lowest BCUT2D eigenvalue weighted by Crippen LogP contribution is -2.12. The van der Waals surface area contributed by atoms with Crippen LogP contribution in [0.1, 0.15) is 0 Å². The molecule has 3 heterocycles. The van der Waals surface area contributed by atoms with Crippen molar-refractivity contribution in [3.8, 4) is 11.5 Å². The van der Waals surface area contributed by atoms with Crippen molar-refractivity contribution in [3.63, 3.8) is 0 Å². The molecule has 0 bridgehead atoms. The fourth-order valence-corrected chi connectivity index (χ4v) is 1.55. The largest absolute Gasteiger partial charge is 0.338 e. The van der Waals surface area contributed by atoms with Gasteiger partial charge in [-0.05, 0) is 12.1 Å². The van der Waals surface area contributed by atoms with E-state index in [0.29, 0.717) is 5.82 Å². The molecule has 1 aromatic rings. The minimum atomic E-state index is 0.672. The Morgan fingerprint density at radius 2 is 2.14 bits per heavy atom. The first-order valence-corrected chi connectivity index (χ1v) is 4.18. The standard InChI is InChI=1S/C9H7N5/c10-14-4-7-6(2-1-3-11-7)8-9(14)13-5-12-8/h1-5H,10H2. The molecule has 68 valence electrons. The number of fused-ring (bicyclic) bond motifs is 3. The first kappa shape index (κ1) is 7.25. The van der Waals surface area contributed by atoms with Crippen molar-refractivity contribution in [1.29, 1.82) is 0 Å². The van der Waals surface area contributed by atoms with Crippen LogP contribution in [0.3, 0.4) is 0 Å². The second kappa shape index (κ2) is 2.41. The highest BCUT2D eigenvalue weighted by Gasteiger charge is 2.13. The van der Waals surface area contributed by atoms with Crippen LogP contribution in [0.2, 0.25) is 0 Å². The van der Waals surface area contributed by atoms with E-state index in [1.54, 1.807) is 12.4 Å². The van der Waals surface area contributed by atoms with E-state index in [1.165, 1.54) is 11.0 Å².